The Kier molecular flexibility index (Phi) is 3.61. The highest BCUT2D eigenvalue weighted by atomic mass is 16.6. The molecule has 0 aliphatic heterocycles. The maximum Gasteiger partial charge on any atom is 0.326 e. The molecule has 106 valence electrons. The average Bonchev–Trinajstić information content (AvgIpc) is 2.66. The molecule has 0 amide bonds. The molecule has 2 heterocycles. The van der Waals surface area contributed by atoms with E-state index < -0.39 is 5.60 Å². The van der Waals surface area contributed by atoms with Crippen LogP contribution in [0.5, 0.6) is 0 Å². The molecule has 0 atom stereocenters. The summed E-state index contributed by atoms with van der Waals surface area (Å²) in [5, 5.41) is 0.802. The van der Waals surface area contributed by atoms with Gasteiger partial charge < -0.3 is 9.30 Å². The van der Waals surface area contributed by atoms with Crippen LogP contribution in [-0.2, 0) is 16.1 Å². The van der Waals surface area contributed by atoms with E-state index in [-0.39, 0.29) is 18.3 Å². The fraction of sp³-hybridized carbons (Fsp3) is 0.400. The van der Waals surface area contributed by atoms with Crippen LogP contribution in [0.25, 0.3) is 10.9 Å². The first kappa shape index (κ1) is 14.2. The number of carbonyl (C=O) groups is 2. The minimum atomic E-state index is -0.526. The molecule has 5 nitrogen and oxygen atoms in total. The van der Waals surface area contributed by atoms with Crippen LogP contribution in [-0.4, -0.2) is 26.9 Å². The number of hydrogen-bond acceptors (Lipinski definition) is 4. The molecule has 2 aromatic rings. The summed E-state index contributed by atoms with van der Waals surface area (Å²) in [7, 11) is 0. The highest BCUT2D eigenvalue weighted by molar-refractivity contribution is 6.06. The largest absolute Gasteiger partial charge is 0.459 e. The fourth-order valence-corrected chi connectivity index (χ4v) is 2.06. The Morgan fingerprint density at radius 1 is 1.35 bits per heavy atom. The first-order chi connectivity index (χ1) is 9.28. The van der Waals surface area contributed by atoms with Gasteiger partial charge in [-0.05, 0) is 33.8 Å². The van der Waals surface area contributed by atoms with Crippen LogP contribution < -0.4 is 0 Å². The van der Waals surface area contributed by atoms with Crippen molar-refractivity contribution in [3.63, 3.8) is 0 Å². The van der Waals surface area contributed by atoms with E-state index >= 15 is 0 Å². The van der Waals surface area contributed by atoms with E-state index in [1.165, 1.54) is 6.92 Å². The Hall–Kier alpha value is -2.17. The van der Waals surface area contributed by atoms with Crippen molar-refractivity contribution in [3.8, 4) is 0 Å². The lowest BCUT2D eigenvalue weighted by Gasteiger charge is -2.19. The summed E-state index contributed by atoms with van der Waals surface area (Å²) in [5.74, 6) is -0.377. The van der Waals surface area contributed by atoms with Gasteiger partial charge in [-0.2, -0.15) is 0 Å². The van der Waals surface area contributed by atoms with Crippen LogP contribution in [0.1, 0.15) is 38.1 Å². The molecular formula is C15H18N2O3. The van der Waals surface area contributed by atoms with Gasteiger partial charge in [-0.3, -0.25) is 14.6 Å². The van der Waals surface area contributed by atoms with Crippen LogP contribution in [0.3, 0.4) is 0 Å². The van der Waals surface area contributed by atoms with Crippen molar-refractivity contribution in [2.75, 3.05) is 0 Å². The summed E-state index contributed by atoms with van der Waals surface area (Å²) in [6, 6.07) is 1.78. The number of ketones is 1. The predicted molar refractivity (Wildman–Crippen MR) is 75.6 cm³/mol. The highest BCUT2D eigenvalue weighted by Crippen LogP contribution is 2.21. The number of ether oxygens (including phenoxy) is 1. The minimum absolute atomic E-state index is 0.0378. The molecule has 0 spiro atoms. The van der Waals surface area contributed by atoms with Gasteiger partial charge in [0.25, 0.3) is 0 Å². The predicted octanol–water partition coefficient (Wildman–Crippen LogP) is 2.58. The monoisotopic (exact) mass is 274 g/mol. The third kappa shape index (κ3) is 3.04. The summed E-state index contributed by atoms with van der Waals surface area (Å²) in [5.41, 5.74) is 0.816. The van der Waals surface area contributed by atoms with E-state index in [0.29, 0.717) is 5.56 Å². The topological polar surface area (TPSA) is 61.2 Å². The van der Waals surface area contributed by atoms with Gasteiger partial charge >= 0.3 is 5.97 Å². The molecule has 0 saturated heterocycles. The second kappa shape index (κ2) is 5.07. The molecule has 0 aliphatic carbocycles. The Labute approximate surface area is 117 Å². The second-order valence-corrected chi connectivity index (χ2v) is 5.71. The number of fused-ring (bicyclic) bond motifs is 1. The SMILES string of the molecule is CC(=O)c1cn(CC(=O)OC(C)(C)C)c2cnccc12. The van der Waals surface area contributed by atoms with Gasteiger partial charge in [0.1, 0.15) is 12.1 Å². The number of Topliss-reactive ketones (excluding diaryl/α,β-unsaturated/α-hetero) is 1. The van der Waals surface area contributed by atoms with Gasteiger partial charge in [-0.1, -0.05) is 0 Å². The number of carbonyl (C=O) groups excluding carboxylic acids is 2. The number of rotatable bonds is 3. The van der Waals surface area contributed by atoms with E-state index in [4.69, 9.17) is 4.74 Å². The molecule has 0 N–H and O–H groups in total. The Bertz CT molecular complexity index is 665. The smallest absolute Gasteiger partial charge is 0.326 e. The molecule has 20 heavy (non-hydrogen) atoms. The molecule has 5 heteroatoms. The maximum absolute atomic E-state index is 11.9. The van der Waals surface area contributed by atoms with Crippen molar-refractivity contribution >= 4 is 22.7 Å². The van der Waals surface area contributed by atoms with E-state index in [0.717, 1.165) is 10.9 Å². The van der Waals surface area contributed by atoms with E-state index in [9.17, 15) is 9.59 Å². The fourth-order valence-electron chi connectivity index (χ4n) is 2.06. The van der Waals surface area contributed by atoms with Gasteiger partial charge in [0.15, 0.2) is 5.78 Å². The second-order valence-electron chi connectivity index (χ2n) is 5.71. The van der Waals surface area contributed by atoms with Crippen molar-refractivity contribution in [2.24, 2.45) is 0 Å². The highest BCUT2D eigenvalue weighted by Gasteiger charge is 2.19. The third-order valence-electron chi connectivity index (χ3n) is 2.78. The standard InChI is InChI=1S/C15H18N2O3/c1-10(18)12-8-17(9-14(19)20-15(2,3)4)13-7-16-6-5-11(12)13/h5-8H,9H2,1-4H3. The molecule has 0 unspecified atom stereocenters. The van der Waals surface area contributed by atoms with Crippen molar-refractivity contribution in [1.82, 2.24) is 9.55 Å². The lowest BCUT2D eigenvalue weighted by atomic mass is 10.1. The quantitative estimate of drug-likeness (QED) is 0.637. The normalized spacial score (nSPS) is 11.6. The maximum atomic E-state index is 11.9. The van der Waals surface area contributed by atoms with Crippen LogP contribution in [0.4, 0.5) is 0 Å². The number of pyridine rings is 1. The van der Waals surface area contributed by atoms with Gasteiger partial charge in [0, 0.05) is 23.3 Å². The van der Waals surface area contributed by atoms with Gasteiger partial charge in [-0.25, -0.2) is 0 Å². The Balaban J connectivity index is 2.36. The van der Waals surface area contributed by atoms with E-state index in [1.54, 1.807) is 29.2 Å². The Morgan fingerprint density at radius 3 is 2.65 bits per heavy atom. The summed E-state index contributed by atoms with van der Waals surface area (Å²) < 4.78 is 7.00. The zero-order chi connectivity index (χ0) is 14.9. The van der Waals surface area contributed by atoms with Crippen molar-refractivity contribution in [2.45, 2.75) is 39.8 Å². The van der Waals surface area contributed by atoms with Crippen molar-refractivity contribution in [3.05, 3.63) is 30.2 Å². The first-order valence-electron chi connectivity index (χ1n) is 6.43. The lowest BCUT2D eigenvalue weighted by molar-refractivity contribution is -0.155. The van der Waals surface area contributed by atoms with Crippen LogP contribution in [0, 0.1) is 0 Å². The van der Waals surface area contributed by atoms with Crippen molar-refractivity contribution in [1.29, 1.82) is 0 Å². The zero-order valence-corrected chi connectivity index (χ0v) is 12.1. The summed E-state index contributed by atoms with van der Waals surface area (Å²) in [4.78, 5) is 27.6. The summed E-state index contributed by atoms with van der Waals surface area (Å²) in [6.45, 7) is 7.03. The number of esters is 1. The van der Waals surface area contributed by atoms with Crippen molar-refractivity contribution < 1.29 is 14.3 Å². The molecule has 2 rings (SSSR count). The van der Waals surface area contributed by atoms with E-state index in [2.05, 4.69) is 4.98 Å². The third-order valence-corrected chi connectivity index (χ3v) is 2.78. The molecular weight excluding hydrogens is 256 g/mol. The molecule has 0 bridgehead atoms. The van der Waals surface area contributed by atoms with Gasteiger partial charge in [0.2, 0.25) is 0 Å². The number of hydrogen-bond donors (Lipinski definition) is 0. The average molecular weight is 274 g/mol. The number of aromatic nitrogens is 2. The summed E-state index contributed by atoms with van der Waals surface area (Å²) >= 11 is 0. The minimum Gasteiger partial charge on any atom is -0.459 e. The first-order valence-corrected chi connectivity index (χ1v) is 6.43. The van der Waals surface area contributed by atoms with Crippen LogP contribution >= 0.6 is 0 Å². The van der Waals surface area contributed by atoms with E-state index in [1.807, 2.05) is 20.8 Å². The molecule has 0 radical (unpaired) electrons. The summed E-state index contributed by atoms with van der Waals surface area (Å²) in [6.07, 6.45) is 4.96. The lowest BCUT2D eigenvalue weighted by Crippen LogP contribution is -2.26. The van der Waals surface area contributed by atoms with Gasteiger partial charge in [-0.15, -0.1) is 0 Å². The van der Waals surface area contributed by atoms with Gasteiger partial charge in [0.05, 0.1) is 11.7 Å². The van der Waals surface area contributed by atoms with Crippen LogP contribution in [0.2, 0.25) is 0 Å². The Morgan fingerprint density at radius 2 is 2.05 bits per heavy atom. The molecule has 0 saturated carbocycles. The molecule has 0 aliphatic rings. The molecule has 2 aromatic heterocycles. The van der Waals surface area contributed by atoms with Crippen LogP contribution in [0.15, 0.2) is 24.7 Å². The molecule has 0 aromatic carbocycles. The zero-order valence-electron chi connectivity index (χ0n) is 12.1. The number of nitrogens with zero attached hydrogens (tertiary/aromatic N) is 2. The molecule has 0 fully saturated rings.